The molecule has 0 spiro atoms. The Kier molecular flexibility index (Phi) is 12.1. The Labute approximate surface area is 273 Å². The Bertz CT molecular complexity index is 1660. The molecule has 0 saturated carbocycles. The maximum absolute atomic E-state index is 14.3. The van der Waals surface area contributed by atoms with E-state index < -0.39 is 24.0 Å². The van der Waals surface area contributed by atoms with Crippen LogP contribution in [0.15, 0.2) is 72.8 Å². The fraction of sp³-hybridized carbons (Fsp3) is 0.333. The lowest BCUT2D eigenvalue weighted by molar-refractivity contribution is -0.146. The molecular weight excluding hydrogens is 605 g/mol. The number of carbonyl (C=O) groups excluding carboxylic acids is 2. The summed E-state index contributed by atoms with van der Waals surface area (Å²) in [6, 6.07) is 20.8. The number of rotatable bonds is 15. The largest absolute Gasteiger partial charge is 0.493 e. The summed E-state index contributed by atoms with van der Waals surface area (Å²) in [7, 11) is 3.10. The number of aliphatic hydroxyl groups is 2. The summed E-state index contributed by atoms with van der Waals surface area (Å²) in [5, 5.41) is 24.2. The van der Waals surface area contributed by atoms with Gasteiger partial charge in [-0.2, -0.15) is 5.90 Å². The molecule has 4 aromatic rings. The van der Waals surface area contributed by atoms with Gasteiger partial charge in [-0.15, -0.1) is 0 Å². The van der Waals surface area contributed by atoms with Crippen LogP contribution in [0.3, 0.4) is 0 Å². The van der Waals surface area contributed by atoms with Crippen molar-refractivity contribution >= 4 is 11.9 Å². The molecule has 47 heavy (non-hydrogen) atoms. The molecule has 0 aliphatic carbocycles. The second-order valence-corrected chi connectivity index (χ2v) is 11.5. The highest BCUT2D eigenvalue weighted by Gasteiger charge is 2.30. The minimum atomic E-state index is -1.15. The Morgan fingerprint density at radius 2 is 1.55 bits per heavy atom. The van der Waals surface area contributed by atoms with E-state index in [-0.39, 0.29) is 37.8 Å². The Hall–Kier alpha value is -4.71. The van der Waals surface area contributed by atoms with Crippen molar-refractivity contribution in [1.29, 1.82) is 0 Å². The SMILES string of the molecule is COc1ccc(CNC(=O)c2c(-c3ccccc3)c(-c3ccc(F)cc3)c(CC[C@@H](O)C[C@@H](O)CC(=O)ON)n2C(C)C)cc1OC. The van der Waals surface area contributed by atoms with Crippen molar-refractivity contribution in [3.8, 4) is 33.8 Å². The van der Waals surface area contributed by atoms with Gasteiger partial charge in [0, 0.05) is 29.4 Å². The zero-order valence-electron chi connectivity index (χ0n) is 27.0. The number of ether oxygens (including phenoxy) is 2. The molecule has 0 radical (unpaired) electrons. The van der Waals surface area contributed by atoms with Gasteiger partial charge >= 0.3 is 5.97 Å². The number of methoxy groups -OCH3 is 2. The highest BCUT2D eigenvalue weighted by molar-refractivity contribution is 6.05. The van der Waals surface area contributed by atoms with Crippen LogP contribution in [0.2, 0.25) is 0 Å². The summed E-state index contributed by atoms with van der Waals surface area (Å²) in [4.78, 5) is 29.9. The average molecular weight is 648 g/mol. The van der Waals surface area contributed by atoms with Crippen molar-refractivity contribution in [3.05, 3.63) is 95.6 Å². The van der Waals surface area contributed by atoms with E-state index in [1.807, 2.05) is 54.8 Å². The second-order valence-electron chi connectivity index (χ2n) is 11.5. The van der Waals surface area contributed by atoms with Gasteiger partial charge in [-0.05, 0) is 74.1 Å². The van der Waals surface area contributed by atoms with E-state index in [0.29, 0.717) is 34.7 Å². The van der Waals surface area contributed by atoms with E-state index in [4.69, 9.17) is 15.4 Å². The first-order valence-corrected chi connectivity index (χ1v) is 15.4. The first-order valence-electron chi connectivity index (χ1n) is 15.4. The van der Waals surface area contributed by atoms with E-state index in [1.54, 1.807) is 38.5 Å². The van der Waals surface area contributed by atoms with Gasteiger partial charge in [0.25, 0.3) is 5.91 Å². The average Bonchev–Trinajstić information content (AvgIpc) is 3.42. The van der Waals surface area contributed by atoms with Crippen LogP contribution in [0.1, 0.15) is 60.9 Å². The maximum Gasteiger partial charge on any atom is 0.327 e. The van der Waals surface area contributed by atoms with Gasteiger partial charge in [0.2, 0.25) is 0 Å². The fourth-order valence-corrected chi connectivity index (χ4v) is 5.81. The van der Waals surface area contributed by atoms with Crippen LogP contribution in [0.5, 0.6) is 11.5 Å². The van der Waals surface area contributed by atoms with E-state index in [0.717, 1.165) is 22.4 Å². The van der Waals surface area contributed by atoms with Gasteiger partial charge in [0.05, 0.1) is 32.8 Å². The summed E-state index contributed by atoms with van der Waals surface area (Å²) >= 11 is 0. The van der Waals surface area contributed by atoms with Gasteiger partial charge < -0.3 is 34.4 Å². The molecule has 0 unspecified atom stereocenters. The van der Waals surface area contributed by atoms with Crippen LogP contribution in [-0.2, 0) is 22.6 Å². The zero-order chi connectivity index (χ0) is 34.1. The number of aromatic nitrogens is 1. The molecule has 3 aromatic carbocycles. The molecular formula is C36H42FN3O7. The number of carbonyl (C=O) groups is 2. The standard InChI is InChI=1S/C36H42FN3O7/c1-22(2)40-29(16-15-27(41)19-28(42)20-32(43)47-38)33(25-11-13-26(37)14-12-25)34(24-8-6-5-7-9-24)35(40)36(44)39-21-23-10-17-30(45-3)31(18-23)46-4/h5-14,17-18,22,27-28,41-42H,15-16,19-21,38H2,1-4H3,(H,39,44)/t27-,28-/m1/s1. The number of aliphatic hydroxyl groups excluding tert-OH is 2. The summed E-state index contributed by atoms with van der Waals surface area (Å²) in [6.07, 6.45) is -2.03. The van der Waals surface area contributed by atoms with Crippen LogP contribution in [-0.4, -0.2) is 53.1 Å². The number of nitrogens with zero attached hydrogens (tertiary/aromatic N) is 1. The monoisotopic (exact) mass is 647 g/mol. The topological polar surface area (TPSA) is 145 Å². The lowest BCUT2D eigenvalue weighted by atomic mass is 9.92. The van der Waals surface area contributed by atoms with Crippen LogP contribution in [0, 0.1) is 5.82 Å². The number of nitrogens with one attached hydrogen (secondary N) is 1. The molecule has 5 N–H and O–H groups in total. The molecule has 1 heterocycles. The Morgan fingerprint density at radius 1 is 0.894 bits per heavy atom. The van der Waals surface area contributed by atoms with Crippen molar-refractivity contribution in [2.45, 2.75) is 64.3 Å². The number of hydrogen-bond donors (Lipinski definition) is 4. The summed E-state index contributed by atoms with van der Waals surface area (Å²) in [5.74, 6) is 4.50. The number of halogens is 1. The molecule has 0 fully saturated rings. The van der Waals surface area contributed by atoms with Crippen molar-refractivity contribution in [2.75, 3.05) is 14.2 Å². The molecule has 2 atom stereocenters. The van der Waals surface area contributed by atoms with Gasteiger partial charge in [0.1, 0.15) is 11.5 Å². The number of nitrogens with two attached hydrogens (primary N) is 1. The second kappa shape index (κ2) is 16.2. The molecule has 11 heteroatoms. The predicted octanol–water partition coefficient (Wildman–Crippen LogP) is 5.34. The van der Waals surface area contributed by atoms with Gasteiger partial charge in [0.15, 0.2) is 11.5 Å². The van der Waals surface area contributed by atoms with E-state index in [9.17, 15) is 24.2 Å². The van der Waals surface area contributed by atoms with Crippen molar-refractivity contribution in [3.63, 3.8) is 0 Å². The lowest BCUT2D eigenvalue weighted by Gasteiger charge is -2.20. The van der Waals surface area contributed by atoms with Crippen molar-refractivity contribution < 1.29 is 38.5 Å². The van der Waals surface area contributed by atoms with Gasteiger partial charge in [-0.3, -0.25) is 9.59 Å². The molecule has 10 nitrogen and oxygen atoms in total. The quantitative estimate of drug-likeness (QED) is 0.127. The number of hydrogen-bond acceptors (Lipinski definition) is 8. The Morgan fingerprint density at radius 3 is 2.17 bits per heavy atom. The molecule has 250 valence electrons. The van der Waals surface area contributed by atoms with Crippen LogP contribution >= 0.6 is 0 Å². The molecule has 0 bridgehead atoms. The summed E-state index contributed by atoms with van der Waals surface area (Å²) in [6.45, 7) is 4.15. The van der Waals surface area contributed by atoms with Gasteiger partial charge in [-0.25, -0.2) is 4.39 Å². The smallest absolute Gasteiger partial charge is 0.327 e. The third-order valence-electron chi connectivity index (χ3n) is 7.93. The zero-order valence-corrected chi connectivity index (χ0v) is 27.0. The minimum absolute atomic E-state index is 0.0758. The third-order valence-corrected chi connectivity index (χ3v) is 7.93. The predicted molar refractivity (Wildman–Crippen MR) is 176 cm³/mol. The first-order chi connectivity index (χ1) is 22.6. The number of benzene rings is 3. The van der Waals surface area contributed by atoms with Crippen molar-refractivity contribution in [2.24, 2.45) is 5.90 Å². The molecule has 0 aliphatic heterocycles. The van der Waals surface area contributed by atoms with Gasteiger partial charge in [-0.1, -0.05) is 48.5 Å². The third kappa shape index (κ3) is 8.56. The minimum Gasteiger partial charge on any atom is -0.493 e. The molecule has 0 aliphatic rings. The first kappa shape index (κ1) is 35.1. The molecule has 1 amide bonds. The van der Waals surface area contributed by atoms with E-state index in [2.05, 4.69) is 10.2 Å². The fourth-order valence-electron chi connectivity index (χ4n) is 5.81. The summed E-state index contributed by atoms with van der Waals surface area (Å²) < 4.78 is 26.9. The van der Waals surface area contributed by atoms with E-state index >= 15 is 0 Å². The molecule has 1 aromatic heterocycles. The van der Waals surface area contributed by atoms with E-state index in [1.165, 1.54) is 12.1 Å². The highest BCUT2D eigenvalue weighted by atomic mass is 19.1. The summed E-state index contributed by atoms with van der Waals surface area (Å²) in [5.41, 5.74) is 4.89. The highest BCUT2D eigenvalue weighted by Crippen LogP contribution is 2.42. The Balaban J connectivity index is 1.81. The maximum atomic E-state index is 14.3. The van der Waals surface area contributed by atoms with Crippen molar-refractivity contribution in [1.82, 2.24) is 9.88 Å². The molecule has 0 saturated heterocycles. The lowest BCUT2D eigenvalue weighted by Crippen LogP contribution is -2.27. The van der Waals surface area contributed by atoms with Crippen LogP contribution in [0.25, 0.3) is 22.3 Å². The normalized spacial score (nSPS) is 12.4. The number of amides is 1. The van der Waals surface area contributed by atoms with Crippen LogP contribution in [0.4, 0.5) is 4.39 Å². The molecule has 4 rings (SSSR count). The van der Waals surface area contributed by atoms with Crippen LogP contribution < -0.4 is 20.7 Å².